The number of hydrogen-bond acceptors (Lipinski definition) is 4. The molecule has 0 aromatic heterocycles. The van der Waals surface area contributed by atoms with Gasteiger partial charge in [-0.2, -0.15) is 0 Å². The summed E-state index contributed by atoms with van der Waals surface area (Å²) in [5.41, 5.74) is 7.63. The summed E-state index contributed by atoms with van der Waals surface area (Å²) < 4.78 is 10.5. The lowest BCUT2D eigenvalue weighted by molar-refractivity contribution is 0.100. The molecule has 110 valence electrons. The van der Waals surface area contributed by atoms with Crippen LogP contribution in [0.15, 0.2) is 42.5 Å². The van der Waals surface area contributed by atoms with Crippen molar-refractivity contribution in [2.24, 2.45) is 5.73 Å². The minimum absolute atomic E-state index is 0.431. The van der Waals surface area contributed by atoms with Gasteiger partial charge in [0.15, 0.2) is 0 Å². The number of amides is 1. The highest BCUT2D eigenvalue weighted by Gasteiger charge is 2.03. The first-order valence-corrected chi connectivity index (χ1v) is 6.48. The van der Waals surface area contributed by atoms with Crippen molar-refractivity contribution >= 4 is 11.6 Å². The summed E-state index contributed by atoms with van der Waals surface area (Å²) in [6.45, 7) is 0.615. The van der Waals surface area contributed by atoms with Crippen molar-refractivity contribution in [2.45, 2.75) is 6.54 Å². The molecule has 21 heavy (non-hydrogen) atoms. The first-order valence-electron chi connectivity index (χ1n) is 6.48. The van der Waals surface area contributed by atoms with E-state index in [-0.39, 0.29) is 0 Å². The van der Waals surface area contributed by atoms with E-state index >= 15 is 0 Å². The third-order valence-electron chi connectivity index (χ3n) is 3.08. The van der Waals surface area contributed by atoms with Crippen LogP contribution in [-0.2, 0) is 6.54 Å². The number of anilines is 1. The van der Waals surface area contributed by atoms with Gasteiger partial charge < -0.3 is 20.5 Å². The van der Waals surface area contributed by atoms with Crippen molar-refractivity contribution in [1.29, 1.82) is 0 Å². The van der Waals surface area contributed by atoms with E-state index in [2.05, 4.69) is 5.32 Å². The Morgan fingerprint density at radius 2 is 1.62 bits per heavy atom. The molecule has 2 aromatic rings. The molecule has 3 N–H and O–H groups in total. The van der Waals surface area contributed by atoms with E-state index in [1.54, 1.807) is 26.4 Å². The van der Waals surface area contributed by atoms with E-state index in [1.165, 1.54) is 0 Å². The Morgan fingerprint density at radius 1 is 1.05 bits per heavy atom. The maximum Gasteiger partial charge on any atom is 0.248 e. The van der Waals surface area contributed by atoms with Crippen molar-refractivity contribution in [3.05, 3.63) is 53.6 Å². The number of nitrogens with two attached hydrogens (primary N) is 1. The van der Waals surface area contributed by atoms with Crippen LogP contribution in [0.5, 0.6) is 11.5 Å². The number of rotatable bonds is 6. The van der Waals surface area contributed by atoms with Crippen LogP contribution >= 0.6 is 0 Å². The lowest BCUT2D eigenvalue weighted by Crippen LogP contribution is -2.10. The molecule has 2 aromatic carbocycles. The first kappa shape index (κ1) is 14.7. The predicted molar refractivity (Wildman–Crippen MR) is 81.8 cm³/mol. The summed E-state index contributed by atoms with van der Waals surface area (Å²) in [6.07, 6.45) is 0. The molecule has 5 nitrogen and oxygen atoms in total. The molecule has 5 heteroatoms. The fourth-order valence-electron chi connectivity index (χ4n) is 1.92. The lowest BCUT2D eigenvalue weighted by Gasteiger charge is -2.10. The minimum atomic E-state index is -0.431. The number of carbonyl (C=O) groups is 1. The molecule has 0 atom stereocenters. The molecule has 0 heterocycles. The predicted octanol–water partition coefficient (Wildman–Crippen LogP) is 2.41. The molecule has 0 aliphatic rings. The zero-order chi connectivity index (χ0) is 15.2. The zero-order valence-corrected chi connectivity index (χ0v) is 12.1. The van der Waals surface area contributed by atoms with Gasteiger partial charge in [-0.05, 0) is 42.0 Å². The molecule has 0 radical (unpaired) electrons. The number of primary amides is 1. The number of methoxy groups -OCH3 is 2. The first-order chi connectivity index (χ1) is 10.1. The molecule has 1 amide bonds. The summed E-state index contributed by atoms with van der Waals surface area (Å²) in [5.74, 6) is 1.06. The van der Waals surface area contributed by atoms with Crippen LogP contribution in [0.1, 0.15) is 15.9 Å². The molecular weight excluding hydrogens is 268 g/mol. The van der Waals surface area contributed by atoms with Crippen LogP contribution in [0.2, 0.25) is 0 Å². The second-order valence-corrected chi connectivity index (χ2v) is 4.52. The summed E-state index contributed by atoms with van der Waals surface area (Å²) in [7, 11) is 3.24. The molecule has 0 aliphatic carbocycles. The Bertz CT molecular complexity index is 602. The fraction of sp³-hybridized carbons (Fsp3) is 0.188. The number of carbonyl (C=O) groups excluding carboxylic acids is 1. The molecule has 0 spiro atoms. The maximum absolute atomic E-state index is 11.0. The van der Waals surface area contributed by atoms with Crippen molar-refractivity contribution in [3.8, 4) is 11.5 Å². The zero-order valence-electron chi connectivity index (χ0n) is 12.1. The van der Waals surface area contributed by atoms with Gasteiger partial charge in [0.2, 0.25) is 5.91 Å². The SMILES string of the molecule is COc1cc(CNc2ccc(C(N)=O)cc2)cc(OC)c1. The molecule has 2 rings (SSSR count). The second kappa shape index (κ2) is 6.65. The van der Waals surface area contributed by atoms with Gasteiger partial charge in [0.25, 0.3) is 0 Å². The van der Waals surface area contributed by atoms with E-state index in [4.69, 9.17) is 15.2 Å². The highest BCUT2D eigenvalue weighted by atomic mass is 16.5. The molecule has 0 fully saturated rings. The second-order valence-electron chi connectivity index (χ2n) is 4.52. The molecule has 0 bridgehead atoms. The maximum atomic E-state index is 11.0. The highest BCUT2D eigenvalue weighted by molar-refractivity contribution is 5.93. The number of benzene rings is 2. The molecular formula is C16H18N2O3. The normalized spacial score (nSPS) is 10.0. The monoisotopic (exact) mass is 286 g/mol. The smallest absolute Gasteiger partial charge is 0.248 e. The van der Waals surface area contributed by atoms with Crippen LogP contribution in [0.3, 0.4) is 0 Å². The minimum Gasteiger partial charge on any atom is -0.497 e. The Hall–Kier alpha value is -2.69. The summed E-state index contributed by atoms with van der Waals surface area (Å²) >= 11 is 0. The third-order valence-corrected chi connectivity index (χ3v) is 3.08. The largest absolute Gasteiger partial charge is 0.497 e. The standard InChI is InChI=1S/C16H18N2O3/c1-20-14-7-11(8-15(9-14)21-2)10-18-13-5-3-12(4-6-13)16(17)19/h3-9,18H,10H2,1-2H3,(H2,17,19). The molecule has 0 saturated carbocycles. The van der Waals surface area contributed by atoms with Crippen molar-refractivity contribution in [1.82, 2.24) is 0 Å². The topological polar surface area (TPSA) is 73.6 Å². The molecule has 0 saturated heterocycles. The van der Waals surface area contributed by atoms with E-state index in [0.29, 0.717) is 12.1 Å². The van der Waals surface area contributed by atoms with Crippen LogP contribution in [0, 0.1) is 0 Å². The van der Waals surface area contributed by atoms with E-state index < -0.39 is 5.91 Å². The van der Waals surface area contributed by atoms with Gasteiger partial charge in [-0.15, -0.1) is 0 Å². The Balaban J connectivity index is 2.06. The van der Waals surface area contributed by atoms with Crippen LogP contribution in [0.4, 0.5) is 5.69 Å². The van der Waals surface area contributed by atoms with E-state index in [9.17, 15) is 4.79 Å². The van der Waals surface area contributed by atoms with Crippen LogP contribution in [0.25, 0.3) is 0 Å². The van der Waals surface area contributed by atoms with Crippen LogP contribution < -0.4 is 20.5 Å². The molecule has 0 aliphatic heterocycles. The summed E-state index contributed by atoms with van der Waals surface area (Å²) in [4.78, 5) is 11.0. The summed E-state index contributed by atoms with van der Waals surface area (Å²) in [5, 5.41) is 3.27. The third kappa shape index (κ3) is 3.89. The van der Waals surface area contributed by atoms with Gasteiger partial charge in [0, 0.05) is 23.9 Å². The number of hydrogen-bond donors (Lipinski definition) is 2. The van der Waals surface area contributed by atoms with E-state index in [0.717, 1.165) is 22.7 Å². The lowest BCUT2D eigenvalue weighted by atomic mass is 10.1. The Labute approximate surface area is 123 Å². The van der Waals surface area contributed by atoms with Gasteiger partial charge >= 0.3 is 0 Å². The fourth-order valence-corrected chi connectivity index (χ4v) is 1.92. The molecule has 0 unspecified atom stereocenters. The number of nitrogens with one attached hydrogen (secondary N) is 1. The van der Waals surface area contributed by atoms with Gasteiger partial charge in [-0.3, -0.25) is 4.79 Å². The van der Waals surface area contributed by atoms with Gasteiger partial charge in [-0.1, -0.05) is 0 Å². The average molecular weight is 286 g/mol. The van der Waals surface area contributed by atoms with E-state index in [1.807, 2.05) is 30.3 Å². The van der Waals surface area contributed by atoms with Crippen LogP contribution in [-0.4, -0.2) is 20.1 Å². The Kier molecular flexibility index (Phi) is 4.66. The van der Waals surface area contributed by atoms with Crippen molar-refractivity contribution in [3.63, 3.8) is 0 Å². The van der Waals surface area contributed by atoms with Crippen molar-refractivity contribution in [2.75, 3.05) is 19.5 Å². The van der Waals surface area contributed by atoms with Crippen molar-refractivity contribution < 1.29 is 14.3 Å². The Morgan fingerprint density at radius 3 is 2.10 bits per heavy atom. The highest BCUT2D eigenvalue weighted by Crippen LogP contribution is 2.23. The van der Waals surface area contributed by atoms with Gasteiger partial charge in [0.05, 0.1) is 14.2 Å². The quantitative estimate of drug-likeness (QED) is 0.855. The van der Waals surface area contributed by atoms with Gasteiger partial charge in [0.1, 0.15) is 11.5 Å². The average Bonchev–Trinajstić information content (AvgIpc) is 2.52. The van der Waals surface area contributed by atoms with Gasteiger partial charge in [-0.25, -0.2) is 0 Å². The summed E-state index contributed by atoms with van der Waals surface area (Å²) in [6, 6.07) is 12.7. The number of ether oxygens (including phenoxy) is 2.